The molecule has 0 spiro atoms. The second kappa shape index (κ2) is 8.11. The van der Waals surface area contributed by atoms with Crippen LogP contribution in [0.3, 0.4) is 0 Å². The molecule has 0 unspecified atom stereocenters. The van der Waals surface area contributed by atoms with Gasteiger partial charge in [0.1, 0.15) is 11.6 Å². The van der Waals surface area contributed by atoms with Gasteiger partial charge in [0.2, 0.25) is 5.91 Å². The van der Waals surface area contributed by atoms with E-state index in [4.69, 9.17) is 9.72 Å². The predicted octanol–water partition coefficient (Wildman–Crippen LogP) is 3.75. The number of methoxy groups -OCH3 is 1. The minimum Gasteiger partial charge on any atom is -0.497 e. The number of carbonyl (C=O) groups is 1. The molecule has 5 heteroatoms. The van der Waals surface area contributed by atoms with Crippen LogP contribution >= 0.6 is 0 Å². The van der Waals surface area contributed by atoms with Crippen molar-refractivity contribution in [2.75, 3.05) is 38.2 Å². The Balaban J connectivity index is 1.42. The smallest absolute Gasteiger partial charge is 0.227 e. The van der Waals surface area contributed by atoms with Gasteiger partial charge in [-0.05, 0) is 48.7 Å². The molecule has 29 heavy (non-hydrogen) atoms. The molecule has 1 aliphatic heterocycles. The number of anilines is 1. The highest BCUT2D eigenvalue weighted by atomic mass is 16.5. The molecule has 3 aromatic rings. The Morgan fingerprint density at radius 3 is 2.41 bits per heavy atom. The summed E-state index contributed by atoms with van der Waals surface area (Å²) in [7, 11) is 1.65. The van der Waals surface area contributed by atoms with Gasteiger partial charge in [-0.3, -0.25) is 4.79 Å². The number of nitrogens with zero attached hydrogens (tertiary/aromatic N) is 3. The molecular formula is C24H27N3O2. The molecule has 0 saturated carbocycles. The van der Waals surface area contributed by atoms with E-state index in [1.807, 2.05) is 29.2 Å². The molecule has 0 N–H and O–H groups in total. The maximum atomic E-state index is 12.7. The van der Waals surface area contributed by atoms with Crippen LogP contribution in [0.15, 0.2) is 48.5 Å². The van der Waals surface area contributed by atoms with Gasteiger partial charge < -0.3 is 14.5 Å². The lowest BCUT2D eigenvalue weighted by Gasteiger charge is -2.35. The van der Waals surface area contributed by atoms with Gasteiger partial charge in [-0.1, -0.05) is 30.3 Å². The highest BCUT2D eigenvalue weighted by Gasteiger charge is 2.22. The van der Waals surface area contributed by atoms with Gasteiger partial charge in [0.05, 0.1) is 19.0 Å². The Hall–Kier alpha value is -3.08. The van der Waals surface area contributed by atoms with E-state index in [9.17, 15) is 4.79 Å². The van der Waals surface area contributed by atoms with Crippen molar-refractivity contribution in [1.29, 1.82) is 0 Å². The van der Waals surface area contributed by atoms with Crippen LogP contribution in [0.2, 0.25) is 0 Å². The van der Waals surface area contributed by atoms with E-state index >= 15 is 0 Å². The van der Waals surface area contributed by atoms with Gasteiger partial charge in [-0.15, -0.1) is 0 Å². The third-order valence-electron chi connectivity index (χ3n) is 5.71. The molecule has 0 bridgehead atoms. The highest BCUT2D eigenvalue weighted by molar-refractivity contribution is 5.86. The third-order valence-corrected chi connectivity index (χ3v) is 5.71. The SMILES string of the molecule is COc1ccc(CC(=O)N2CCN(c3cc(C)c4cccc(C)c4n3)CC2)cc1. The molecule has 4 rings (SSSR count). The summed E-state index contributed by atoms with van der Waals surface area (Å²) >= 11 is 0. The number of rotatable bonds is 4. The number of benzene rings is 2. The quantitative estimate of drug-likeness (QED) is 0.682. The number of aryl methyl sites for hydroxylation is 2. The van der Waals surface area contributed by atoms with Crippen molar-refractivity contribution >= 4 is 22.6 Å². The van der Waals surface area contributed by atoms with Crippen molar-refractivity contribution < 1.29 is 9.53 Å². The molecule has 1 aromatic heterocycles. The minimum atomic E-state index is 0.174. The molecule has 1 fully saturated rings. The number of hydrogen-bond acceptors (Lipinski definition) is 4. The maximum absolute atomic E-state index is 12.7. The van der Waals surface area contributed by atoms with Crippen LogP contribution in [0.5, 0.6) is 5.75 Å². The van der Waals surface area contributed by atoms with E-state index in [0.717, 1.165) is 48.8 Å². The van der Waals surface area contributed by atoms with E-state index < -0.39 is 0 Å². The van der Waals surface area contributed by atoms with Crippen LogP contribution in [-0.2, 0) is 11.2 Å². The molecule has 1 amide bonds. The fourth-order valence-corrected chi connectivity index (χ4v) is 3.92. The summed E-state index contributed by atoms with van der Waals surface area (Å²) in [6.45, 7) is 7.30. The van der Waals surface area contributed by atoms with Crippen molar-refractivity contribution in [1.82, 2.24) is 9.88 Å². The third kappa shape index (κ3) is 4.04. The number of pyridine rings is 1. The predicted molar refractivity (Wildman–Crippen MR) is 117 cm³/mol. The lowest BCUT2D eigenvalue weighted by atomic mass is 10.1. The summed E-state index contributed by atoms with van der Waals surface area (Å²) in [4.78, 5) is 21.9. The molecule has 2 aromatic carbocycles. The minimum absolute atomic E-state index is 0.174. The van der Waals surface area contributed by atoms with Crippen LogP contribution in [0.1, 0.15) is 16.7 Å². The summed E-state index contributed by atoms with van der Waals surface area (Å²) in [6.07, 6.45) is 0.427. The van der Waals surface area contributed by atoms with Gasteiger partial charge in [-0.25, -0.2) is 4.98 Å². The largest absolute Gasteiger partial charge is 0.497 e. The first kappa shape index (κ1) is 19.2. The van der Waals surface area contributed by atoms with Crippen LogP contribution in [0.4, 0.5) is 5.82 Å². The number of hydrogen-bond donors (Lipinski definition) is 0. The van der Waals surface area contributed by atoms with Crippen molar-refractivity contribution in [3.63, 3.8) is 0 Å². The first-order chi connectivity index (χ1) is 14.0. The van der Waals surface area contributed by atoms with Gasteiger partial charge in [0.15, 0.2) is 0 Å². The fraction of sp³-hybridized carbons (Fsp3) is 0.333. The van der Waals surface area contributed by atoms with E-state index in [0.29, 0.717) is 6.42 Å². The summed E-state index contributed by atoms with van der Waals surface area (Å²) in [5, 5.41) is 1.21. The lowest BCUT2D eigenvalue weighted by molar-refractivity contribution is -0.130. The summed E-state index contributed by atoms with van der Waals surface area (Å²) in [5.74, 6) is 1.99. The van der Waals surface area contributed by atoms with Crippen LogP contribution in [-0.4, -0.2) is 49.1 Å². The average Bonchev–Trinajstić information content (AvgIpc) is 2.75. The number of fused-ring (bicyclic) bond motifs is 1. The molecule has 0 radical (unpaired) electrons. The Labute approximate surface area is 171 Å². The molecule has 1 saturated heterocycles. The van der Waals surface area contributed by atoms with Crippen LogP contribution in [0, 0.1) is 13.8 Å². The van der Waals surface area contributed by atoms with Crippen LogP contribution < -0.4 is 9.64 Å². The Kier molecular flexibility index (Phi) is 5.38. The van der Waals surface area contributed by atoms with Crippen molar-refractivity contribution in [3.8, 4) is 5.75 Å². The maximum Gasteiger partial charge on any atom is 0.227 e. The van der Waals surface area contributed by atoms with Crippen molar-refractivity contribution in [3.05, 3.63) is 65.2 Å². The van der Waals surface area contributed by atoms with Crippen LogP contribution in [0.25, 0.3) is 10.9 Å². The highest BCUT2D eigenvalue weighted by Crippen LogP contribution is 2.25. The zero-order valence-electron chi connectivity index (χ0n) is 17.3. The van der Waals surface area contributed by atoms with Crippen molar-refractivity contribution in [2.45, 2.75) is 20.3 Å². The van der Waals surface area contributed by atoms with Gasteiger partial charge in [-0.2, -0.15) is 0 Å². The summed E-state index contributed by atoms with van der Waals surface area (Å²) < 4.78 is 5.18. The zero-order chi connectivity index (χ0) is 20.4. The Morgan fingerprint density at radius 1 is 1.00 bits per heavy atom. The van der Waals surface area contributed by atoms with E-state index in [1.54, 1.807) is 7.11 Å². The second-order valence-corrected chi connectivity index (χ2v) is 7.66. The topological polar surface area (TPSA) is 45.7 Å². The molecule has 0 aliphatic carbocycles. The van der Waals surface area contributed by atoms with Gasteiger partial charge >= 0.3 is 0 Å². The molecule has 1 aliphatic rings. The lowest BCUT2D eigenvalue weighted by Crippen LogP contribution is -2.49. The first-order valence-electron chi connectivity index (χ1n) is 10.1. The summed E-state index contributed by atoms with van der Waals surface area (Å²) in [5.41, 5.74) is 4.52. The second-order valence-electron chi connectivity index (χ2n) is 7.66. The normalized spacial score (nSPS) is 14.3. The fourth-order valence-electron chi connectivity index (χ4n) is 3.92. The number of amides is 1. The number of aromatic nitrogens is 1. The average molecular weight is 389 g/mol. The summed E-state index contributed by atoms with van der Waals surface area (Å²) in [6, 6.07) is 16.2. The molecule has 5 nitrogen and oxygen atoms in total. The number of carbonyl (C=O) groups excluding carboxylic acids is 1. The standard InChI is InChI=1S/C24H27N3O2/c1-17-5-4-6-21-18(2)15-22(25-24(17)21)26-11-13-27(14-12-26)23(28)16-19-7-9-20(29-3)10-8-19/h4-10,15H,11-14,16H2,1-3H3. The molecule has 2 heterocycles. The van der Waals surface area contributed by atoms with Gasteiger partial charge in [0.25, 0.3) is 0 Å². The molecule has 150 valence electrons. The van der Waals surface area contributed by atoms with E-state index in [-0.39, 0.29) is 5.91 Å². The molecular weight excluding hydrogens is 362 g/mol. The number of piperazine rings is 1. The first-order valence-corrected chi connectivity index (χ1v) is 10.1. The Bertz CT molecular complexity index is 1020. The number of para-hydroxylation sites is 1. The van der Waals surface area contributed by atoms with Crippen molar-refractivity contribution in [2.24, 2.45) is 0 Å². The zero-order valence-corrected chi connectivity index (χ0v) is 17.3. The van der Waals surface area contributed by atoms with E-state index in [2.05, 4.69) is 43.0 Å². The number of ether oxygens (including phenoxy) is 1. The van der Waals surface area contributed by atoms with Gasteiger partial charge in [0, 0.05) is 31.6 Å². The monoisotopic (exact) mass is 389 g/mol. The molecule has 0 atom stereocenters. The Morgan fingerprint density at radius 2 is 1.72 bits per heavy atom. The van der Waals surface area contributed by atoms with E-state index in [1.165, 1.54) is 16.5 Å².